The molecule has 0 aliphatic heterocycles. The van der Waals surface area contributed by atoms with Gasteiger partial charge in [-0.1, -0.05) is 12.8 Å². The zero-order valence-electron chi connectivity index (χ0n) is 11.1. The molecule has 0 bridgehead atoms. The van der Waals surface area contributed by atoms with Crippen molar-refractivity contribution in [3.8, 4) is 0 Å². The van der Waals surface area contributed by atoms with Crippen LogP contribution in [0.1, 0.15) is 43.0 Å². The predicted molar refractivity (Wildman–Crippen MR) is 79.9 cm³/mol. The first-order valence-corrected chi connectivity index (χ1v) is 8.70. The highest BCUT2D eigenvalue weighted by molar-refractivity contribution is 9.10. The van der Waals surface area contributed by atoms with Crippen LogP contribution >= 0.6 is 15.9 Å². The first-order valence-electron chi connectivity index (χ1n) is 6.36. The van der Waals surface area contributed by atoms with Crippen molar-refractivity contribution in [3.63, 3.8) is 0 Å². The molecule has 1 aliphatic carbocycles. The van der Waals surface area contributed by atoms with Crippen molar-refractivity contribution in [2.45, 2.75) is 43.0 Å². The Kier molecular flexibility index (Phi) is 4.22. The van der Waals surface area contributed by atoms with E-state index in [1.54, 1.807) is 6.07 Å². The summed E-state index contributed by atoms with van der Waals surface area (Å²) in [5, 5.41) is 8.11. The highest BCUT2D eigenvalue weighted by Gasteiger charge is 2.30. The van der Waals surface area contributed by atoms with Crippen molar-refractivity contribution in [3.05, 3.63) is 28.2 Å². The van der Waals surface area contributed by atoms with Gasteiger partial charge in [0.05, 0.1) is 4.90 Å². The number of carbonyl (C=O) groups excluding carboxylic acids is 1. The number of benzene rings is 1. The van der Waals surface area contributed by atoms with E-state index in [4.69, 9.17) is 5.14 Å². The van der Waals surface area contributed by atoms with E-state index < -0.39 is 10.0 Å². The number of halogens is 1. The van der Waals surface area contributed by atoms with Crippen molar-refractivity contribution in [1.29, 1.82) is 0 Å². The number of hydrogen-bond acceptors (Lipinski definition) is 3. The maximum atomic E-state index is 12.2. The number of nitrogens with two attached hydrogens (primary N) is 1. The Bertz CT molecular complexity index is 637. The first-order chi connectivity index (χ1) is 9.21. The van der Waals surface area contributed by atoms with Gasteiger partial charge in [-0.25, -0.2) is 13.6 Å². The summed E-state index contributed by atoms with van der Waals surface area (Å²) in [5.41, 5.74) is 0.0942. The highest BCUT2D eigenvalue weighted by Crippen LogP contribution is 2.29. The normalized spacial score (nSPS) is 17.9. The van der Waals surface area contributed by atoms with E-state index in [9.17, 15) is 13.2 Å². The highest BCUT2D eigenvalue weighted by atomic mass is 79.9. The summed E-state index contributed by atoms with van der Waals surface area (Å²) in [6.45, 7) is 2.01. The number of rotatable bonds is 3. The number of primary sulfonamides is 1. The van der Waals surface area contributed by atoms with Crippen LogP contribution in [0.15, 0.2) is 27.6 Å². The second-order valence-corrected chi connectivity index (χ2v) is 7.80. The van der Waals surface area contributed by atoms with Crippen LogP contribution in [0, 0.1) is 0 Å². The molecule has 1 aliphatic rings. The Morgan fingerprint density at radius 2 is 1.95 bits per heavy atom. The van der Waals surface area contributed by atoms with Gasteiger partial charge in [0.2, 0.25) is 10.0 Å². The summed E-state index contributed by atoms with van der Waals surface area (Å²) in [7, 11) is -3.86. The van der Waals surface area contributed by atoms with Crippen molar-refractivity contribution in [2.75, 3.05) is 0 Å². The van der Waals surface area contributed by atoms with E-state index >= 15 is 0 Å². The Labute approximate surface area is 127 Å². The van der Waals surface area contributed by atoms with Gasteiger partial charge < -0.3 is 5.32 Å². The smallest absolute Gasteiger partial charge is 0.251 e. The molecule has 1 aromatic rings. The third-order valence-corrected chi connectivity index (χ3v) is 5.53. The van der Waals surface area contributed by atoms with Crippen LogP contribution in [0.4, 0.5) is 0 Å². The molecule has 1 saturated carbocycles. The summed E-state index contributed by atoms with van der Waals surface area (Å²) >= 11 is 3.12. The van der Waals surface area contributed by atoms with Gasteiger partial charge in [0, 0.05) is 15.6 Å². The van der Waals surface area contributed by atoms with Crippen molar-refractivity contribution < 1.29 is 13.2 Å². The van der Waals surface area contributed by atoms with Crippen molar-refractivity contribution >= 4 is 31.9 Å². The number of carbonyl (C=O) groups is 1. The average Bonchev–Trinajstić information content (AvgIpc) is 2.74. The topological polar surface area (TPSA) is 89.3 Å². The van der Waals surface area contributed by atoms with Gasteiger partial charge in [0.25, 0.3) is 5.91 Å². The lowest BCUT2D eigenvalue weighted by Crippen LogP contribution is -2.43. The molecule has 0 heterocycles. The van der Waals surface area contributed by atoms with Crippen LogP contribution in [-0.2, 0) is 10.0 Å². The third kappa shape index (κ3) is 3.39. The van der Waals surface area contributed by atoms with E-state index in [0.29, 0.717) is 10.0 Å². The van der Waals surface area contributed by atoms with Crippen LogP contribution in [0.2, 0.25) is 0 Å². The molecule has 0 unspecified atom stereocenters. The second kappa shape index (κ2) is 5.46. The second-order valence-electron chi connectivity index (χ2n) is 5.41. The van der Waals surface area contributed by atoms with Gasteiger partial charge in [0.15, 0.2) is 0 Å². The van der Waals surface area contributed by atoms with Gasteiger partial charge in [-0.3, -0.25) is 4.79 Å². The maximum absolute atomic E-state index is 12.2. The molecule has 3 N–H and O–H groups in total. The summed E-state index contributed by atoms with van der Waals surface area (Å²) in [5.74, 6) is -0.271. The van der Waals surface area contributed by atoms with Gasteiger partial charge in [-0.05, 0) is 53.9 Å². The minimum absolute atomic E-state index is 0.0817. The molecule has 7 heteroatoms. The lowest BCUT2D eigenvalue weighted by atomic mass is 10.00. The lowest BCUT2D eigenvalue weighted by Gasteiger charge is -2.25. The Hall–Kier alpha value is -0.920. The van der Waals surface area contributed by atoms with E-state index in [-0.39, 0.29) is 16.3 Å². The summed E-state index contributed by atoms with van der Waals surface area (Å²) in [6, 6.07) is 4.39. The molecule has 0 radical (unpaired) electrons. The number of amides is 1. The minimum atomic E-state index is -3.86. The Morgan fingerprint density at radius 3 is 2.50 bits per heavy atom. The summed E-state index contributed by atoms with van der Waals surface area (Å²) < 4.78 is 23.3. The zero-order chi connectivity index (χ0) is 15.0. The molecule has 110 valence electrons. The van der Waals surface area contributed by atoms with Gasteiger partial charge in [-0.15, -0.1) is 0 Å². The van der Waals surface area contributed by atoms with E-state index in [1.165, 1.54) is 12.1 Å². The van der Waals surface area contributed by atoms with E-state index in [1.807, 2.05) is 6.92 Å². The first kappa shape index (κ1) is 15.5. The van der Waals surface area contributed by atoms with E-state index in [2.05, 4.69) is 21.2 Å². The number of sulfonamides is 1. The molecular weight excluding hydrogens is 344 g/mol. The summed E-state index contributed by atoms with van der Waals surface area (Å²) in [4.78, 5) is 12.2. The quantitative estimate of drug-likeness (QED) is 0.865. The van der Waals surface area contributed by atoms with Crippen molar-refractivity contribution in [1.82, 2.24) is 5.32 Å². The molecule has 1 amide bonds. The maximum Gasteiger partial charge on any atom is 0.251 e. The monoisotopic (exact) mass is 360 g/mol. The third-order valence-electron chi connectivity index (χ3n) is 3.62. The van der Waals surface area contributed by atoms with Crippen LogP contribution in [0.3, 0.4) is 0 Å². The SMILES string of the molecule is CC1(NC(=O)c2ccc(Br)c(S(N)(=O)=O)c2)CCCC1. The van der Waals surface area contributed by atoms with Gasteiger partial charge in [0.1, 0.15) is 0 Å². The fourth-order valence-corrected chi connectivity index (χ4v) is 4.04. The average molecular weight is 361 g/mol. The van der Waals surface area contributed by atoms with Crippen LogP contribution < -0.4 is 10.5 Å². The molecule has 20 heavy (non-hydrogen) atoms. The number of hydrogen-bond donors (Lipinski definition) is 2. The Morgan fingerprint density at radius 1 is 1.35 bits per heavy atom. The standard InChI is InChI=1S/C13H17BrN2O3S/c1-13(6-2-3-7-13)16-12(17)9-4-5-10(14)11(8-9)20(15,18)19/h4-5,8H,2-3,6-7H2,1H3,(H,16,17)(H2,15,18,19). The van der Waals surface area contributed by atoms with Crippen LogP contribution in [-0.4, -0.2) is 19.9 Å². The molecule has 0 spiro atoms. The minimum Gasteiger partial charge on any atom is -0.347 e. The largest absolute Gasteiger partial charge is 0.347 e. The molecule has 0 atom stereocenters. The molecule has 5 nitrogen and oxygen atoms in total. The van der Waals surface area contributed by atoms with Gasteiger partial charge >= 0.3 is 0 Å². The lowest BCUT2D eigenvalue weighted by molar-refractivity contribution is 0.0908. The summed E-state index contributed by atoms with van der Waals surface area (Å²) in [6.07, 6.45) is 4.08. The predicted octanol–water partition coefficient (Wildman–Crippen LogP) is 2.16. The fraction of sp³-hybridized carbons (Fsp3) is 0.462. The fourth-order valence-electron chi connectivity index (χ4n) is 2.49. The van der Waals surface area contributed by atoms with Crippen LogP contribution in [0.5, 0.6) is 0 Å². The Balaban J connectivity index is 2.27. The molecule has 0 saturated heterocycles. The number of nitrogens with one attached hydrogen (secondary N) is 1. The molecule has 1 aromatic carbocycles. The van der Waals surface area contributed by atoms with Gasteiger partial charge in [-0.2, -0.15) is 0 Å². The van der Waals surface area contributed by atoms with Crippen molar-refractivity contribution in [2.24, 2.45) is 5.14 Å². The zero-order valence-corrected chi connectivity index (χ0v) is 13.6. The molecular formula is C13H17BrN2O3S. The van der Waals surface area contributed by atoms with Crippen LogP contribution in [0.25, 0.3) is 0 Å². The molecule has 1 fully saturated rings. The van der Waals surface area contributed by atoms with E-state index in [0.717, 1.165) is 25.7 Å². The molecule has 0 aromatic heterocycles. The molecule has 2 rings (SSSR count).